The lowest BCUT2D eigenvalue weighted by Crippen LogP contribution is -2.17. The van der Waals surface area contributed by atoms with E-state index in [-0.39, 0.29) is 0 Å². The van der Waals surface area contributed by atoms with Crippen molar-refractivity contribution in [1.82, 2.24) is 5.32 Å². The third-order valence-corrected chi connectivity index (χ3v) is 2.97. The van der Waals surface area contributed by atoms with Crippen LogP contribution in [0.5, 0.6) is 0 Å². The van der Waals surface area contributed by atoms with Crippen molar-refractivity contribution in [2.45, 2.75) is 25.7 Å². The maximum Gasteiger partial charge on any atom is 0.0700 e. The summed E-state index contributed by atoms with van der Waals surface area (Å²) in [4.78, 5) is 0. The van der Waals surface area contributed by atoms with Gasteiger partial charge in [-0.05, 0) is 50.8 Å². The number of nitrogens with one attached hydrogen (secondary N) is 1. The standard InChI is InChI=1S/C12H27NO2S/c1-14-10-11-15-9-5-3-7-13-8-4-6-12-16-2/h13H,3-12H2,1-2H3. The fourth-order valence-corrected chi connectivity index (χ4v) is 1.81. The highest BCUT2D eigenvalue weighted by atomic mass is 32.2. The molecule has 0 unspecified atom stereocenters. The lowest BCUT2D eigenvalue weighted by atomic mass is 10.3. The molecule has 0 rings (SSSR count). The fourth-order valence-electron chi connectivity index (χ4n) is 1.32. The summed E-state index contributed by atoms with van der Waals surface area (Å²) in [6.45, 7) is 4.56. The van der Waals surface area contributed by atoms with E-state index in [1.54, 1.807) is 7.11 Å². The monoisotopic (exact) mass is 249 g/mol. The fraction of sp³-hybridized carbons (Fsp3) is 1.00. The molecule has 0 aliphatic heterocycles. The zero-order valence-corrected chi connectivity index (χ0v) is 11.6. The second kappa shape index (κ2) is 15.2. The van der Waals surface area contributed by atoms with Crippen LogP contribution < -0.4 is 5.32 Å². The van der Waals surface area contributed by atoms with Crippen molar-refractivity contribution in [2.75, 3.05) is 52.0 Å². The number of methoxy groups -OCH3 is 1. The number of thioether (sulfide) groups is 1. The Hall–Kier alpha value is 0.230. The quantitative estimate of drug-likeness (QED) is 0.507. The molecule has 3 nitrogen and oxygen atoms in total. The van der Waals surface area contributed by atoms with Crippen molar-refractivity contribution in [1.29, 1.82) is 0 Å². The molecule has 0 aromatic carbocycles. The first kappa shape index (κ1) is 16.2. The lowest BCUT2D eigenvalue weighted by Gasteiger charge is -2.05. The van der Waals surface area contributed by atoms with Crippen molar-refractivity contribution >= 4 is 11.8 Å². The smallest absolute Gasteiger partial charge is 0.0700 e. The van der Waals surface area contributed by atoms with E-state index in [9.17, 15) is 0 Å². The molecule has 0 fully saturated rings. The second-order valence-electron chi connectivity index (χ2n) is 3.76. The molecule has 0 saturated carbocycles. The van der Waals surface area contributed by atoms with Crippen LogP contribution in [-0.4, -0.2) is 52.0 Å². The topological polar surface area (TPSA) is 30.5 Å². The van der Waals surface area contributed by atoms with Crippen LogP contribution in [0.4, 0.5) is 0 Å². The number of rotatable bonds is 13. The van der Waals surface area contributed by atoms with E-state index < -0.39 is 0 Å². The van der Waals surface area contributed by atoms with Crippen LogP contribution in [0.2, 0.25) is 0 Å². The maximum absolute atomic E-state index is 5.38. The Morgan fingerprint density at radius 2 is 1.69 bits per heavy atom. The minimum absolute atomic E-state index is 0.702. The average molecular weight is 249 g/mol. The van der Waals surface area contributed by atoms with Gasteiger partial charge in [0, 0.05) is 13.7 Å². The number of ether oxygens (including phenoxy) is 2. The normalized spacial score (nSPS) is 10.9. The van der Waals surface area contributed by atoms with Crippen LogP contribution in [0.15, 0.2) is 0 Å². The maximum atomic E-state index is 5.38. The highest BCUT2D eigenvalue weighted by Crippen LogP contribution is 1.97. The molecule has 0 spiro atoms. The van der Waals surface area contributed by atoms with Crippen LogP contribution >= 0.6 is 11.8 Å². The summed E-state index contributed by atoms with van der Waals surface area (Å²) in [5.74, 6) is 1.29. The van der Waals surface area contributed by atoms with Gasteiger partial charge in [0.15, 0.2) is 0 Å². The summed E-state index contributed by atoms with van der Waals surface area (Å²) in [7, 11) is 1.70. The number of hydrogen-bond acceptors (Lipinski definition) is 4. The molecule has 0 aliphatic carbocycles. The Balaban J connectivity index is 2.83. The van der Waals surface area contributed by atoms with Gasteiger partial charge in [-0.1, -0.05) is 0 Å². The van der Waals surface area contributed by atoms with Crippen LogP contribution in [0.1, 0.15) is 25.7 Å². The first-order chi connectivity index (χ1) is 7.91. The Bertz CT molecular complexity index is 112. The molecular weight excluding hydrogens is 222 g/mol. The highest BCUT2D eigenvalue weighted by Gasteiger charge is 1.91. The molecule has 98 valence electrons. The van der Waals surface area contributed by atoms with E-state index in [0.29, 0.717) is 6.61 Å². The molecule has 0 bridgehead atoms. The highest BCUT2D eigenvalue weighted by molar-refractivity contribution is 7.98. The zero-order chi connectivity index (χ0) is 11.9. The number of unbranched alkanes of at least 4 members (excludes halogenated alkanes) is 2. The molecule has 0 heterocycles. The van der Waals surface area contributed by atoms with E-state index in [2.05, 4.69) is 11.6 Å². The molecule has 4 heteroatoms. The van der Waals surface area contributed by atoms with Crippen LogP contribution in [-0.2, 0) is 9.47 Å². The van der Waals surface area contributed by atoms with Gasteiger partial charge >= 0.3 is 0 Å². The summed E-state index contributed by atoms with van der Waals surface area (Å²) < 4.78 is 10.3. The first-order valence-corrected chi connectivity index (χ1v) is 7.57. The lowest BCUT2D eigenvalue weighted by molar-refractivity contribution is 0.0688. The Morgan fingerprint density at radius 3 is 2.38 bits per heavy atom. The van der Waals surface area contributed by atoms with Gasteiger partial charge in [0.05, 0.1) is 13.2 Å². The van der Waals surface area contributed by atoms with Crippen molar-refractivity contribution in [3.63, 3.8) is 0 Å². The van der Waals surface area contributed by atoms with Crippen molar-refractivity contribution < 1.29 is 9.47 Å². The van der Waals surface area contributed by atoms with Gasteiger partial charge in [-0.15, -0.1) is 0 Å². The molecule has 0 aromatic heterocycles. The molecule has 0 atom stereocenters. The summed E-state index contributed by atoms with van der Waals surface area (Å²) >= 11 is 1.93. The van der Waals surface area contributed by atoms with Crippen LogP contribution in [0.25, 0.3) is 0 Å². The molecular formula is C12H27NO2S. The Labute approximate surface area is 105 Å². The predicted octanol–water partition coefficient (Wildman–Crippen LogP) is 2.16. The van der Waals surface area contributed by atoms with Crippen molar-refractivity contribution in [2.24, 2.45) is 0 Å². The molecule has 1 N–H and O–H groups in total. The van der Waals surface area contributed by atoms with Gasteiger partial charge in [-0.3, -0.25) is 0 Å². The minimum Gasteiger partial charge on any atom is -0.382 e. The van der Waals surface area contributed by atoms with Gasteiger partial charge in [0.25, 0.3) is 0 Å². The Kier molecular flexibility index (Phi) is 15.4. The van der Waals surface area contributed by atoms with Gasteiger partial charge in [-0.2, -0.15) is 11.8 Å². The van der Waals surface area contributed by atoms with E-state index in [1.807, 2.05) is 11.8 Å². The summed E-state index contributed by atoms with van der Waals surface area (Å²) in [5, 5.41) is 3.46. The van der Waals surface area contributed by atoms with Gasteiger partial charge in [0.2, 0.25) is 0 Å². The van der Waals surface area contributed by atoms with Gasteiger partial charge in [0.1, 0.15) is 0 Å². The summed E-state index contributed by atoms with van der Waals surface area (Å²) in [5.41, 5.74) is 0. The largest absolute Gasteiger partial charge is 0.382 e. The van der Waals surface area contributed by atoms with Crippen LogP contribution in [0, 0.1) is 0 Å². The van der Waals surface area contributed by atoms with E-state index in [1.165, 1.54) is 25.0 Å². The zero-order valence-electron chi connectivity index (χ0n) is 10.8. The molecule has 0 saturated heterocycles. The summed E-state index contributed by atoms with van der Waals surface area (Å²) in [6, 6.07) is 0. The van der Waals surface area contributed by atoms with E-state index in [0.717, 1.165) is 32.7 Å². The predicted molar refractivity (Wildman–Crippen MR) is 72.4 cm³/mol. The SMILES string of the molecule is COCCOCCCCNCCCCSC. The van der Waals surface area contributed by atoms with Crippen LogP contribution in [0.3, 0.4) is 0 Å². The minimum atomic E-state index is 0.702. The van der Waals surface area contributed by atoms with Crippen molar-refractivity contribution in [3.05, 3.63) is 0 Å². The van der Waals surface area contributed by atoms with Gasteiger partial charge < -0.3 is 14.8 Å². The molecule has 0 amide bonds. The summed E-state index contributed by atoms with van der Waals surface area (Å²) in [6.07, 6.45) is 7.13. The molecule has 0 aromatic rings. The van der Waals surface area contributed by atoms with Gasteiger partial charge in [-0.25, -0.2) is 0 Å². The second-order valence-corrected chi connectivity index (χ2v) is 4.75. The number of hydrogen-bond donors (Lipinski definition) is 1. The average Bonchev–Trinajstić information content (AvgIpc) is 2.31. The Morgan fingerprint density at radius 1 is 0.938 bits per heavy atom. The molecule has 0 radical (unpaired) electrons. The molecule has 16 heavy (non-hydrogen) atoms. The molecule has 0 aliphatic rings. The van der Waals surface area contributed by atoms with E-state index >= 15 is 0 Å². The van der Waals surface area contributed by atoms with E-state index in [4.69, 9.17) is 9.47 Å². The third kappa shape index (κ3) is 14.2. The van der Waals surface area contributed by atoms with Crippen molar-refractivity contribution in [3.8, 4) is 0 Å². The third-order valence-electron chi connectivity index (χ3n) is 2.28. The first-order valence-electron chi connectivity index (χ1n) is 6.18.